The lowest BCUT2D eigenvalue weighted by Gasteiger charge is -2.22. The molecule has 1 heterocycles. The van der Waals surface area contributed by atoms with Crippen LogP contribution in [0.2, 0.25) is 0 Å². The Balaban J connectivity index is 0.00000338. The topological polar surface area (TPSA) is 48.9 Å². The Bertz CT molecular complexity index is 565. The van der Waals surface area contributed by atoms with Crippen molar-refractivity contribution >= 4 is 51.6 Å². The quantitative estimate of drug-likeness (QED) is 0.314. The number of guanidine groups is 1. The lowest BCUT2D eigenvalue weighted by molar-refractivity contribution is 0.0310. The van der Waals surface area contributed by atoms with E-state index >= 15 is 0 Å². The summed E-state index contributed by atoms with van der Waals surface area (Å²) in [5.74, 6) is 1.50. The second-order valence-corrected chi connectivity index (χ2v) is 8.03. The largest absolute Gasteiger partial charge is 0.377 e. The van der Waals surface area contributed by atoms with Gasteiger partial charge in [0.05, 0.1) is 12.1 Å². The van der Waals surface area contributed by atoms with E-state index in [1.807, 2.05) is 13.8 Å². The number of methoxy groups -OCH3 is 1. The summed E-state index contributed by atoms with van der Waals surface area (Å²) in [6.07, 6.45) is 1.20. The summed E-state index contributed by atoms with van der Waals surface area (Å²) >= 11 is 3.50. The molecule has 1 aliphatic heterocycles. The van der Waals surface area contributed by atoms with Gasteiger partial charge < -0.3 is 20.3 Å². The third kappa shape index (κ3) is 7.60. The van der Waals surface area contributed by atoms with Crippen LogP contribution in [0.15, 0.2) is 33.7 Å². The predicted octanol–water partition coefficient (Wildman–Crippen LogP) is 3.87. The molecule has 1 aromatic carbocycles. The number of halogens is 2. The molecule has 0 bridgehead atoms. The highest BCUT2D eigenvalue weighted by Gasteiger charge is 2.23. The van der Waals surface area contributed by atoms with Crippen molar-refractivity contribution in [2.75, 3.05) is 44.7 Å². The molecule has 0 radical (unpaired) electrons. The van der Waals surface area contributed by atoms with Crippen LogP contribution in [0.3, 0.4) is 0 Å². The first kappa shape index (κ1) is 23.5. The van der Waals surface area contributed by atoms with Gasteiger partial charge in [0, 0.05) is 43.4 Å². The lowest BCUT2D eigenvalue weighted by atomic mass is 10.1. The Kier molecular flexibility index (Phi) is 10.2. The Morgan fingerprint density at radius 2 is 2.00 bits per heavy atom. The standard InChI is InChI=1S/C19H31BrN4O.HI/c1-5-21-18(23-14-19(2,3)25-4)22-12-15-10-11-24(13-15)17-8-6-16(20)7-9-17;/h6-9,15H,5,10-14H2,1-4H3,(H2,21,22,23);1H. The fourth-order valence-corrected chi connectivity index (χ4v) is 3.07. The second-order valence-electron chi connectivity index (χ2n) is 7.12. The number of benzene rings is 1. The average Bonchev–Trinajstić information content (AvgIpc) is 3.07. The van der Waals surface area contributed by atoms with Crippen molar-refractivity contribution in [1.29, 1.82) is 0 Å². The van der Waals surface area contributed by atoms with E-state index in [-0.39, 0.29) is 29.6 Å². The molecule has 0 amide bonds. The Morgan fingerprint density at radius 3 is 2.62 bits per heavy atom. The van der Waals surface area contributed by atoms with Gasteiger partial charge in [0.15, 0.2) is 5.96 Å². The molecule has 0 spiro atoms. The average molecular weight is 539 g/mol. The predicted molar refractivity (Wildman–Crippen MR) is 125 cm³/mol. The van der Waals surface area contributed by atoms with Crippen LogP contribution in [0, 0.1) is 5.92 Å². The van der Waals surface area contributed by atoms with Gasteiger partial charge in [-0.1, -0.05) is 15.9 Å². The van der Waals surface area contributed by atoms with E-state index in [1.54, 1.807) is 7.11 Å². The number of hydrogen-bond acceptors (Lipinski definition) is 3. The molecular formula is C19H32BrIN4O. The smallest absolute Gasteiger partial charge is 0.191 e. The molecule has 1 saturated heterocycles. The number of anilines is 1. The van der Waals surface area contributed by atoms with Gasteiger partial charge in [-0.15, -0.1) is 24.0 Å². The van der Waals surface area contributed by atoms with Crippen molar-refractivity contribution < 1.29 is 4.74 Å². The maximum atomic E-state index is 5.44. The minimum atomic E-state index is -0.242. The van der Waals surface area contributed by atoms with Crippen molar-refractivity contribution in [3.63, 3.8) is 0 Å². The third-order valence-electron chi connectivity index (χ3n) is 4.55. The van der Waals surface area contributed by atoms with E-state index in [2.05, 4.69) is 67.6 Å². The van der Waals surface area contributed by atoms with Gasteiger partial charge in [-0.3, -0.25) is 4.99 Å². The molecule has 7 heteroatoms. The van der Waals surface area contributed by atoms with Crippen LogP contribution in [-0.2, 0) is 4.74 Å². The van der Waals surface area contributed by atoms with E-state index in [0.717, 1.165) is 36.6 Å². The fourth-order valence-electron chi connectivity index (χ4n) is 2.80. The number of rotatable bonds is 7. The minimum absolute atomic E-state index is 0. The maximum absolute atomic E-state index is 5.44. The normalized spacial score (nSPS) is 17.8. The molecule has 1 aromatic rings. The molecule has 148 valence electrons. The highest BCUT2D eigenvalue weighted by molar-refractivity contribution is 14.0. The van der Waals surface area contributed by atoms with Crippen molar-refractivity contribution in [2.45, 2.75) is 32.8 Å². The summed E-state index contributed by atoms with van der Waals surface area (Å²) < 4.78 is 6.57. The summed E-state index contributed by atoms with van der Waals surface area (Å²) in [6.45, 7) is 10.8. The maximum Gasteiger partial charge on any atom is 0.191 e. The molecule has 1 fully saturated rings. The van der Waals surface area contributed by atoms with Crippen LogP contribution >= 0.6 is 39.9 Å². The Labute approximate surface area is 183 Å². The zero-order valence-electron chi connectivity index (χ0n) is 16.2. The Morgan fingerprint density at radius 1 is 1.31 bits per heavy atom. The summed E-state index contributed by atoms with van der Waals surface area (Å²) in [5.41, 5.74) is 1.06. The lowest BCUT2D eigenvalue weighted by Crippen LogP contribution is -2.41. The molecule has 1 aliphatic rings. The number of nitrogens with zero attached hydrogens (tertiary/aromatic N) is 2. The zero-order chi connectivity index (χ0) is 18.3. The fraction of sp³-hybridized carbons (Fsp3) is 0.632. The third-order valence-corrected chi connectivity index (χ3v) is 5.08. The monoisotopic (exact) mass is 538 g/mol. The first-order valence-corrected chi connectivity index (χ1v) is 9.80. The molecule has 1 unspecified atom stereocenters. The highest BCUT2D eigenvalue weighted by Crippen LogP contribution is 2.24. The SMILES string of the molecule is CCNC(=NCC(C)(C)OC)NCC1CCN(c2ccc(Br)cc2)C1.I. The molecular weight excluding hydrogens is 507 g/mol. The van der Waals surface area contributed by atoms with Crippen molar-refractivity contribution in [3.8, 4) is 0 Å². The summed E-state index contributed by atoms with van der Waals surface area (Å²) in [6, 6.07) is 8.57. The number of ether oxygens (including phenoxy) is 1. The first-order chi connectivity index (χ1) is 11.9. The summed E-state index contributed by atoms with van der Waals surface area (Å²) in [5, 5.41) is 6.81. The van der Waals surface area contributed by atoms with Crippen molar-refractivity contribution in [2.24, 2.45) is 10.9 Å². The molecule has 5 nitrogen and oxygen atoms in total. The molecule has 26 heavy (non-hydrogen) atoms. The molecule has 0 aliphatic carbocycles. The summed E-state index contributed by atoms with van der Waals surface area (Å²) in [7, 11) is 1.73. The van der Waals surface area contributed by atoms with E-state index in [1.165, 1.54) is 12.1 Å². The Hall–Kier alpha value is -0.540. The molecule has 0 aromatic heterocycles. The number of nitrogens with one attached hydrogen (secondary N) is 2. The number of hydrogen-bond donors (Lipinski definition) is 2. The zero-order valence-corrected chi connectivity index (χ0v) is 20.1. The van der Waals surface area contributed by atoms with Crippen LogP contribution < -0.4 is 15.5 Å². The van der Waals surface area contributed by atoms with E-state index in [9.17, 15) is 0 Å². The van der Waals surface area contributed by atoms with Gasteiger partial charge in [0.25, 0.3) is 0 Å². The van der Waals surface area contributed by atoms with Crippen LogP contribution in [0.5, 0.6) is 0 Å². The minimum Gasteiger partial charge on any atom is -0.377 e. The van der Waals surface area contributed by atoms with Crippen molar-refractivity contribution in [3.05, 3.63) is 28.7 Å². The van der Waals surface area contributed by atoms with Crippen LogP contribution in [-0.4, -0.2) is 51.4 Å². The van der Waals surface area contributed by atoms with Gasteiger partial charge in [-0.2, -0.15) is 0 Å². The van der Waals surface area contributed by atoms with Gasteiger partial charge in [-0.25, -0.2) is 0 Å². The van der Waals surface area contributed by atoms with Gasteiger partial charge in [0.1, 0.15) is 0 Å². The molecule has 2 rings (SSSR count). The van der Waals surface area contributed by atoms with Gasteiger partial charge in [0.2, 0.25) is 0 Å². The van der Waals surface area contributed by atoms with Crippen LogP contribution in [0.1, 0.15) is 27.2 Å². The molecule has 1 atom stereocenters. The van der Waals surface area contributed by atoms with E-state index < -0.39 is 0 Å². The van der Waals surface area contributed by atoms with Crippen LogP contribution in [0.4, 0.5) is 5.69 Å². The number of aliphatic imine (C=N–C) groups is 1. The van der Waals surface area contributed by atoms with Gasteiger partial charge in [-0.05, 0) is 57.4 Å². The second kappa shape index (κ2) is 11.3. The van der Waals surface area contributed by atoms with Crippen LogP contribution in [0.25, 0.3) is 0 Å². The highest BCUT2D eigenvalue weighted by atomic mass is 127. The molecule has 0 saturated carbocycles. The van der Waals surface area contributed by atoms with Crippen molar-refractivity contribution in [1.82, 2.24) is 10.6 Å². The van der Waals surface area contributed by atoms with E-state index in [0.29, 0.717) is 12.5 Å². The summed E-state index contributed by atoms with van der Waals surface area (Å²) in [4.78, 5) is 7.11. The van der Waals surface area contributed by atoms with E-state index in [4.69, 9.17) is 4.74 Å². The van der Waals surface area contributed by atoms with Gasteiger partial charge >= 0.3 is 0 Å². The molecule has 2 N–H and O–H groups in total. The first-order valence-electron chi connectivity index (χ1n) is 9.01.